The van der Waals surface area contributed by atoms with Gasteiger partial charge in [0.05, 0.1) is 19.0 Å². The highest BCUT2D eigenvalue weighted by atomic mass is 31.2. The summed E-state index contributed by atoms with van der Waals surface area (Å²) in [5, 5.41) is 10.4. The number of hydrogen-bond acceptors (Lipinski definition) is 7. The van der Waals surface area contributed by atoms with Crippen LogP contribution in [0.25, 0.3) is 11.2 Å². The molecule has 11 heteroatoms. The molecule has 10 nitrogen and oxygen atoms in total. The Balaban J connectivity index is 1.62. The molecule has 0 radical (unpaired) electrons. The summed E-state index contributed by atoms with van der Waals surface area (Å²) in [4.78, 5) is 30.1. The monoisotopic (exact) mass is 341 g/mol. The minimum atomic E-state index is -4.55. The smallest absolute Gasteiger partial charge is 0.392 e. The van der Waals surface area contributed by atoms with E-state index in [-0.39, 0.29) is 18.6 Å². The van der Waals surface area contributed by atoms with Gasteiger partial charge in [0.2, 0.25) is 0 Å². The van der Waals surface area contributed by atoms with Crippen molar-refractivity contribution in [2.24, 2.45) is 11.3 Å². The van der Waals surface area contributed by atoms with Crippen LogP contribution < -0.4 is 5.73 Å². The van der Waals surface area contributed by atoms with Gasteiger partial charge in [-0.05, 0) is 18.8 Å². The van der Waals surface area contributed by atoms with Gasteiger partial charge in [0.1, 0.15) is 11.8 Å². The maximum atomic E-state index is 10.9. The molecule has 0 saturated heterocycles. The molecule has 2 fully saturated rings. The lowest BCUT2D eigenvalue weighted by Crippen LogP contribution is -2.23. The van der Waals surface area contributed by atoms with Crippen molar-refractivity contribution in [1.82, 2.24) is 19.5 Å². The van der Waals surface area contributed by atoms with E-state index in [1.807, 2.05) is 4.57 Å². The van der Waals surface area contributed by atoms with E-state index in [0.29, 0.717) is 29.8 Å². The van der Waals surface area contributed by atoms with Crippen LogP contribution in [0.4, 0.5) is 5.82 Å². The summed E-state index contributed by atoms with van der Waals surface area (Å²) in [5.41, 5.74) is 6.27. The Labute approximate surface area is 130 Å². The third kappa shape index (κ3) is 2.26. The molecule has 23 heavy (non-hydrogen) atoms. The molecule has 124 valence electrons. The molecule has 0 amide bonds. The minimum Gasteiger partial charge on any atom is -0.392 e. The second kappa shape index (κ2) is 4.71. The molecular formula is C12H16N5O5P. The number of nitrogen functional groups attached to an aromatic ring is 1. The number of aliphatic hydroxyl groups is 1. The second-order valence-electron chi connectivity index (χ2n) is 6.21. The summed E-state index contributed by atoms with van der Waals surface area (Å²) in [7, 11) is -4.55. The molecule has 0 bridgehead atoms. The molecule has 0 aliphatic heterocycles. The lowest BCUT2D eigenvalue weighted by atomic mass is 10.0. The fourth-order valence-electron chi connectivity index (χ4n) is 3.77. The van der Waals surface area contributed by atoms with Crippen LogP contribution in [-0.2, 0) is 9.09 Å². The molecule has 2 saturated carbocycles. The predicted molar refractivity (Wildman–Crippen MR) is 77.9 cm³/mol. The Bertz CT molecular complexity index is 821. The number of imidazole rings is 1. The molecule has 4 atom stereocenters. The highest BCUT2D eigenvalue weighted by Gasteiger charge is 2.68. The zero-order valence-corrected chi connectivity index (χ0v) is 12.9. The summed E-state index contributed by atoms with van der Waals surface area (Å²) in [6.07, 6.45) is 3.37. The molecule has 5 N–H and O–H groups in total. The van der Waals surface area contributed by atoms with Gasteiger partial charge in [-0.1, -0.05) is 0 Å². The number of phosphoric ester groups is 1. The Hall–Kier alpha value is -1.58. The summed E-state index contributed by atoms with van der Waals surface area (Å²) >= 11 is 0. The average Bonchev–Trinajstić information content (AvgIpc) is 2.94. The summed E-state index contributed by atoms with van der Waals surface area (Å²) < 4.78 is 17.4. The van der Waals surface area contributed by atoms with Gasteiger partial charge in [0, 0.05) is 11.5 Å². The highest BCUT2D eigenvalue weighted by molar-refractivity contribution is 7.46. The average molecular weight is 341 g/mol. The number of aromatic nitrogens is 4. The molecule has 2 aliphatic carbocycles. The van der Waals surface area contributed by atoms with Crippen LogP contribution in [-0.4, -0.2) is 47.1 Å². The topological polar surface area (TPSA) is 157 Å². The maximum Gasteiger partial charge on any atom is 0.469 e. The first-order valence-electron chi connectivity index (χ1n) is 7.13. The van der Waals surface area contributed by atoms with E-state index < -0.39 is 19.3 Å². The van der Waals surface area contributed by atoms with Gasteiger partial charge >= 0.3 is 7.82 Å². The van der Waals surface area contributed by atoms with Crippen LogP contribution >= 0.6 is 7.82 Å². The summed E-state index contributed by atoms with van der Waals surface area (Å²) in [6, 6.07) is -0.0651. The van der Waals surface area contributed by atoms with E-state index in [4.69, 9.17) is 15.5 Å². The van der Waals surface area contributed by atoms with Crippen LogP contribution in [0.1, 0.15) is 18.9 Å². The third-order valence-corrected chi connectivity index (χ3v) is 5.48. The number of phosphoric acid groups is 1. The fraction of sp³-hybridized carbons (Fsp3) is 0.583. The molecule has 0 aromatic carbocycles. The van der Waals surface area contributed by atoms with Crippen molar-refractivity contribution >= 4 is 24.8 Å². The minimum absolute atomic E-state index is 0.0534. The first kappa shape index (κ1) is 15.0. The van der Waals surface area contributed by atoms with Crippen LogP contribution in [0, 0.1) is 11.3 Å². The first-order valence-corrected chi connectivity index (χ1v) is 8.66. The lowest BCUT2D eigenvalue weighted by molar-refractivity contribution is 0.0564. The Morgan fingerprint density at radius 2 is 2.22 bits per heavy atom. The quantitative estimate of drug-likeness (QED) is 0.554. The Morgan fingerprint density at radius 3 is 2.91 bits per heavy atom. The van der Waals surface area contributed by atoms with Crippen molar-refractivity contribution in [1.29, 1.82) is 0 Å². The SMILES string of the molecule is Nc1ncnc2c1ncn2[C@H]1C[C@H](O)[C@]2(COP(=O)(O)O)C[C@H]12. The molecule has 2 aliphatic rings. The molecule has 2 heterocycles. The van der Waals surface area contributed by atoms with Gasteiger partial charge in [0.15, 0.2) is 11.5 Å². The zero-order valence-electron chi connectivity index (χ0n) is 12.0. The second-order valence-corrected chi connectivity index (χ2v) is 7.45. The van der Waals surface area contributed by atoms with E-state index in [2.05, 4.69) is 19.5 Å². The number of nitrogens with zero attached hydrogens (tertiary/aromatic N) is 4. The number of fused-ring (bicyclic) bond motifs is 2. The third-order valence-electron chi connectivity index (χ3n) is 5.02. The highest BCUT2D eigenvalue weighted by Crippen LogP contribution is 2.68. The van der Waals surface area contributed by atoms with Crippen molar-refractivity contribution in [2.75, 3.05) is 12.3 Å². The molecule has 4 rings (SSSR count). The van der Waals surface area contributed by atoms with Gasteiger partial charge in [-0.15, -0.1) is 0 Å². The van der Waals surface area contributed by atoms with E-state index >= 15 is 0 Å². The zero-order chi connectivity index (χ0) is 16.4. The van der Waals surface area contributed by atoms with E-state index in [1.165, 1.54) is 6.33 Å². The molecular weight excluding hydrogens is 325 g/mol. The number of aliphatic hydroxyl groups excluding tert-OH is 1. The van der Waals surface area contributed by atoms with Crippen LogP contribution in [0.15, 0.2) is 12.7 Å². The standard InChI is InChI=1S/C12H16N5O5P/c13-10-9-11(15-4-14-10)17(5-16-9)7-1-8(18)12(2-6(7)12)3-22-23(19,20)21/h4-8,18H,1-3H2,(H2,13,14,15)(H2,19,20,21)/t6-,7+,8+,12+/m1/s1. The first-order chi connectivity index (χ1) is 10.8. The Kier molecular flexibility index (Phi) is 3.07. The van der Waals surface area contributed by atoms with Gasteiger partial charge in [0.25, 0.3) is 0 Å². The van der Waals surface area contributed by atoms with Gasteiger partial charge in [-0.2, -0.15) is 0 Å². The van der Waals surface area contributed by atoms with Crippen molar-refractivity contribution < 1.29 is 24.0 Å². The Morgan fingerprint density at radius 1 is 1.43 bits per heavy atom. The van der Waals surface area contributed by atoms with Gasteiger partial charge in [-0.3, -0.25) is 4.52 Å². The molecule has 0 unspecified atom stereocenters. The van der Waals surface area contributed by atoms with Crippen molar-refractivity contribution in [3.8, 4) is 0 Å². The van der Waals surface area contributed by atoms with E-state index in [0.717, 1.165) is 0 Å². The van der Waals surface area contributed by atoms with E-state index in [1.54, 1.807) is 6.33 Å². The fourth-order valence-corrected chi connectivity index (χ4v) is 4.18. The number of hydrogen-bond donors (Lipinski definition) is 4. The van der Waals surface area contributed by atoms with Crippen molar-refractivity contribution in [3.63, 3.8) is 0 Å². The van der Waals surface area contributed by atoms with Gasteiger partial charge < -0.3 is 25.2 Å². The summed E-state index contributed by atoms with van der Waals surface area (Å²) in [6.45, 7) is -0.163. The molecule has 0 spiro atoms. The predicted octanol–water partition coefficient (Wildman–Crippen LogP) is -0.170. The summed E-state index contributed by atoms with van der Waals surface area (Å²) in [5.74, 6) is 0.344. The van der Waals surface area contributed by atoms with Gasteiger partial charge in [-0.25, -0.2) is 19.5 Å². The lowest BCUT2D eigenvalue weighted by Gasteiger charge is -2.18. The largest absolute Gasteiger partial charge is 0.469 e. The van der Waals surface area contributed by atoms with Crippen LogP contribution in [0.3, 0.4) is 0 Å². The maximum absolute atomic E-state index is 10.9. The van der Waals surface area contributed by atoms with Crippen molar-refractivity contribution in [2.45, 2.75) is 25.0 Å². The van der Waals surface area contributed by atoms with Crippen molar-refractivity contribution in [3.05, 3.63) is 12.7 Å². The number of nitrogens with two attached hydrogens (primary N) is 1. The number of rotatable bonds is 4. The molecule has 2 aromatic heterocycles. The van der Waals surface area contributed by atoms with Crippen LogP contribution in [0.5, 0.6) is 0 Å². The van der Waals surface area contributed by atoms with E-state index in [9.17, 15) is 9.67 Å². The normalized spacial score (nSPS) is 33.1. The van der Waals surface area contributed by atoms with Crippen LogP contribution in [0.2, 0.25) is 0 Å². The number of anilines is 1. The molecule has 2 aromatic rings.